The van der Waals surface area contributed by atoms with Crippen LogP contribution < -0.4 is 16.4 Å². The van der Waals surface area contributed by atoms with Crippen LogP contribution in [0, 0.1) is 0 Å². The minimum absolute atomic E-state index is 0.162. The average Bonchev–Trinajstić information content (AvgIpc) is 3.08. The van der Waals surface area contributed by atoms with Crippen LogP contribution in [-0.4, -0.2) is 67.5 Å². The molecule has 1 aliphatic rings. The van der Waals surface area contributed by atoms with Gasteiger partial charge < -0.3 is 31.1 Å². The van der Waals surface area contributed by atoms with Crippen LogP contribution in [0.3, 0.4) is 0 Å². The summed E-state index contributed by atoms with van der Waals surface area (Å²) in [5.41, 5.74) is 6.60. The summed E-state index contributed by atoms with van der Waals surface area (Å²) in [5.74, 6) is 0.439. The summed E-state index contributed by atoms with van der Waals surface area (Å²) in [6, 6.07) is -0.865. The fraction of sp³-hybridized carbons (Fsp3) is 0.625. The molecule has 10 heteroatoms. The molecule has 1 amide bonds. The summed E-state index contributed by atoms with van der Waals surface area (Å²) in [7, 11) is 1.75. The molecule has 1 aliphatic carbocycles. The van der Waals surface area contributed by atoms with Crippen LogP contribution in [0.25, 0.3) is 11.2 Å². The lowest BCUT2D eigenvalue weighted by Crippen LogP contribution is -2.54. The third-order valence-electron chi connectivity index (χ3n) is 4.84. The normalized spacial score (nSPS) is 26.0. The highest BCUT2D eigenvalue weighted by atomic mass is 16.3. The second-order valence-electron chi connectivity index (χ2n) is 6.49. The van der Waals surface area contributed by atoms with Gasteiger partial charge in [0.15, 0.2) is 11.5 Å². The fourth-order valence-electron chi connectivity index (χ4n) is 3.44. The summed E-state index contributed by atoms with van der Waals surface area (Å²) < 4.78 is 1.76. The number of fused-ring (bicyclic) bond motifs is 1. The third-order valence-corrected chi connectivity index (χ3v) is 4.84. The van der Waals surface area contributed by atoms with Gasteiger partial charge in [0.1, 0.15) is 24.1 Å². The van der Waals surface area contributed by atoms with Crippen LogP contribution in [-0.2, 0) is 4.79 Å². The summed E-state index contributed by atoms with van der Waals surface area (Å²) in [6.45, 7) is 0.440. The van der Waals surface area contributed by atoms with Crippen molar-refractivity contribution in [2.75, 3.05) is 18.9 Å². The van der Waals surface area contributed by atoms with E-state index in [0.29, 0.717) is 49.2 Å². The SMILES string of the molecule is CNc1ncnc2c1ncn2[C@@H]1CC[C@@H](NC(=O)CCCN)[C@@H](O)[C@@H]1O. The number of rotatable bonds is 6. The van der Waals surface area contributed by atoms with Crippen LogP contribution in [0.15, 0.2) is 12.7 Å². The van der Waals surface area contributed by atoms with Crippen molar-refractivity contribution in [1.82, 2.24) is 24.8 Å². The molecule has 142 valence electrons. The molecule has 6 N–H and O–H groups in total. The molecule has 0 spiro atoms. The molecule has 1 fully saturated rings. The van der Waals surface area contributed by atoms with Gasteiger partial charge in [-0.2, -0.15) is 0 Å². The first-order chi connectivity index (χ1) is 12.6. The van der Waals surface area contributed by atoms with E-state index in [1.165, 1.54) is 6.33 Å². The molecule has 0 radical (unpaired) electrons. The molecule has 2 aromatic heterocycles. The van der Waals surface area contributed by atoms with E-state index in [2.05, 4.69) is 25.6 Å². The van der Waals surface area contributed by atoms with Gasteiger partial charge >= 0.3 is 0 Å². The maximum absolute atomic E-state index is 11.9. The van der Waals surface area contributed by atoms with Crippen molar-refractivity contribution < 1.29 is 15.0 Å². The van der Waals surface area contributed by atoms with Gasteiger partial charge in [0.25, 0.3) is 0 Å². The summed E-state index contributed by atoms with van der Waals surface area (Å²) in [6.07, 6.45) is 2.93. The molecule has 0 aliphatic heterocycles. The van der Waals surface area contributed by atoms with E-state index in [-0.39, 0.29) is 11.9 Å². The maximum atomic E-state index is 11.9. The summed E-state index contributed by atoms with van der Waals surface area (Å²) in [4.78, 5) is 24.6. The Balaban J connectivity index is 1.75. The Kier molecular flexibility index (Phi) is 5.64. The zero-order valence-electron chi connectivity index (χ0n) is 14.7. The molecule has 0 saturated heterocycles. The fourth-order valence-corrected chi connectivity index (χ4v) is 3.44. The number of aliphatic hydroxyl groups is 2. The molecule has 4 atom stereocenters. The lowest BCUT2D eigenvalue weighted by molar-refractivity contribution is -0.125. The quantitative estimate of drug-likeness (QED) is 0.445. The van der Waals surface area contributed by atoms with Crippen molar-refractivity contribution in [3.63, 3.8) is 0 Å². The number of nitrogens with one attached hydrogen (secondary N) is 2. The molecule has 0 unspecified atom stereocenters. The first-order valence-electron chi connectivity index (χ1n) is 8.77. The largest absolute Gasteiger partial charge is 0.388 e. The smallest absolute Gasteiger partial charge is 0.220 e. The second-order valence-corrected chi connectivity index (χ2v) is 6.49. The van der Waals surface area contributed by atoms with Crippen molar-refractivity contribution in [3.05, 3.63) is 12.7 Å². The molecule has 26 heavy (non-hydrogen) atoms. The molecule has 3 rings (SSSR count). The minimum Gasteiger partial charge on any atom is -0.388 e. The number of hydrogen-bond acceptors (Lipinski definition) is 8. The van der Waals surface area contributed by atoms with E-state index in [9.17, 15) is 15.0 Å². The zero-order valence-corrected chi connectivity index (χ0v) is 14.7. The molecular weight excluding hydrogens is 338 g/mol. The number of anilines is 1. The van der Waals surface area contributed by atoms with Crippen molar-refractivity contribution in [1.29, 1.82) is 0 Å². The van der Waals surface area contributed by atoms with Gasteiger partial charge in [0, 0.05) is 13.5 Å². The number of hydrogen-bond donors (Lipinski definition) is 5. The van der Waals surface area contributed by atoms with E-state index < -0.39 is 18.2 Å². The van der Waals surface area contributed by atoms with Gasteiger partial charge in [-0.05, 0) is 25.8 Å². The summed E-state index contributed by atoms with van der Waals surface area (Å²) >= 11 is 0. The van der Waals surface area contributed by atoms with E-state index in [4.69, 9.17) is 5.73 Å². The lowest BCUT2D eigenvalue weighted by Gasteiger charge is -2.38. The number of aliphatic hydroxyl groups excluding tert-OH is 2. The Bertz CT molecular complexity index is 765. The van der Waals surface area contributed by atoms with Gasteiger partial charge in [-0.1, -0.05) is 0 Å². The molecular formula is C16H25N7O3. The van der Waals surface area contributed by atoms with Crippen LogP contribution in [0.2, 0.25) is 0 Å². The second kappa shape index (κ2) is 7.94. The van der Waals surface area contributed by atoms with E-state index in [1.54, 1.807) is 17.9 Å². The van der Waals surface area contributed by atoms with Crippen molar-refractivity contribution in [3.8, 4) is 0 Å². The Morgan fingerprint density at radius 3 is 2.85 bits per heavy atom. The number of nitrogens with zero attached hydrogens (tertiary/aromatic N) is 4. The molecule has 1 saturated carbocycles. The van der Waals surface area contributed by atoms with Crippen LogP contribution in [0.1, 0.15) is 31.7 Å². The van der Waals surface area contributed by atoms with Crippen molar-refractivity contribution in [2.45, 2.75) is 50.0 Å². The predicted octanol–water partition coefficient (Wildman–Crippen LogP) is -0.852. The minimum atomic E-state index is -1.07. The van der Waals surface area contributed by atoms with E-state index >= 15 is 0 Å². The number of carbonyl (C=O) groups excluding carboxylic acids is 1. The van der Waals surface area contributed by atoms with Gasteiger partial charge in [0.05, 0.1) is 18.4 Å². The maximum Gasteiger partial charge on any atom is 0.220 e. The van der Waals surface area contributed by atoms with Gasteiger partial charge in [-0.3, -0.25) is 4.79 Å². The Morgan fingerprint density at radius 1 is 1.31 bits per heavy atom. The highest BCUT2D eigenvalue weighted by Gasteiger charge is 2.39. The number of aromatic nitrogens is 4. The first kappa shape index (κ1) is 18.5. The number of carbonyl (C=O) groups is 1. The Hall–Kier alpha value is -2.30. The first-order valence-corrected chi connectivity index (χ1v) is 8.77. The molecule has 2 heterocycles. The average molecular weight is 363 g/mol. The van der Waals surface area contributed by atoms with E-state index in [0.717, 1.165) is 0 Å². The highest BCUT2D eigenvalue weighted by Crippen LogP contribution is 2.32. The topological polar surface area (TPSA) is 151 Å². The zero-order chi connectivity index (χ0) is 18.7. The molecule has 2 aromatic rings. The molecule has 10 nitrogen and oxygen atoms in total. The monoisotopic (exact) mass is 363 g/mol. The van der Waals surface area contributed by atoms with Crippen LogP contribution in [0.5, 0.6) is 0 Å². The van der Waals surface area contributed by atoms with Crippen molar-refractivity contribution >= 4 is 22.9 Å². The van der Waals surface area contributed by atoms with Crippen LogP contribution in [0.4, 0.5) is 5.82 Å². The molecule has 0 bridgehead atoms. The van der Waals surface area contributed by atoms with Gasteiger partial charge in [-0.15, -0.1) is 0 Å². The van der Waals surface area contributed by atoms with Gasteiger partial charge in [-0.25, -0.2) is 15.0 Å². The number of amides is 1. The standard InChI is InChI=1S/C16H25N7O3/c1-18-15-12-16(20-7-19-15)23(8-21-12)10-5-4-9(13(25)14(10)26)22-11(24)3-2-6-17/h7-10,13-14,25-26H,2-6,17H2,1H3,(H,22,24)(H,18,19,20)/t9-,10-,13-,14-/m1/s1. The number of nitrogens with two attached hydrogens (primary N) is 1. The van der Waals surface area contributed by atoms with E-state index in [1.807, 2.05) is 0 Å². The molecule has 0 aromatic carbocycles. The Labute approximate surface area is 150 Å². The van der Waals surface area contributed by atoms with Gasteiger partial charge in [0.2, 0.25) is 5.91 Å². The Morgan fingerprint density at radius 2 is 2.12 bits per heavy atom. The summed E-state index contributed by atoms with van der Waals surface area (Å²) in [5, 5.41) is 26.9. The third kappa shape index (κ3) is 3.48. The van der Waals surface area contributed by atoms with Crippen LogP contribution >= 0.6 is 0 Å². The van der Waals surface area contributed by atoms with Crippen molar-refractivity contribution in [2.24, 2.45) is 5.73 Å². The lowest BCUT2D eigenvalue weighted by atomic mass is 9.85. The predicted molar refractivity (Wildman–Crippen MR) is 95.4 cm³/mol. The number of imidazole rings is 1. The highest BCUT2D eigenvalue weighted by molar-refractivity contribution is 5.82.